The second kappa shape index (κ2) is 8.31. The number of hydrogen-bond donors (Lipinski definition) is 1. The van der Waals surface area contributed by atoms with E-state index in [1.54, 1.807) is 0 Å². The number of hydrogen-bond acceptors (Lipinski definition) is 4. The number of rotatable bonds is 4. The molecule has 1 N–H and O–H groups in total. The van der Waals surface area contributed by atoms with Crippen molar-refractivity contribution < 1.29 is 26.4 Å². The second-order valence-electron chi connectivity index (χ2n) is 6.88. The van der Waals surface area contributed by atoms with Gasteiger partial charge in [0, 0.05) is 17.8 Å². The van der Waals surface area contributed by atoms with Gasteiger partial charge in [0.2, 0.25) is 0 Å². The minimum absolute atomic E-state index is 0.188. The van der Waals surface area contributed by atoms with Crippen molar-refractivity contribution in [2.75, 3.05) is 0 Å². The molecule has 1 aliphatic rings. The molecule has 0 saturated heterocycles. The molecule has 10 heteroatoms. The molecule has 1 heterocycles. The number of amides is 1. The molecule has 3 rings (SSSR count). The highest BCUT2D eigenvalue weighted by molar-refractivity contribution is 7.92. The third kappa shape index (κ3) is 5.08. The highest BCUT2D eigenvalue weighted by atomic mass is 35.5. The van der Waals surface area contributed by atoms with Gasteiger partial charge in [-0.25, -0.2) is 13.4 Å². The SMILES string of the molecule is O=C(N[C@H]1CC[C@H](S(=O)(=O)c2cccc(C(F)(F)F)c2)CC1)c1ccnc(Cl)c1. The lowest BCUT2D eigenvalue weighted by atomic mass is 9.95. The number of halogens is 4. The second-order valence-corrected chi connectivity index (χ2v) is 9.50. The maximum absolute atomic E-state index is 12.9. The van der Waals surface area contributed by atoms with Gasteiger partial charge in [0.05, 0.1) is 15.7 Å². The first-order valence-corrected chi connectivity index (χ1v) is 10.8. The van der Waals surface area contributed by atoms with Crippen LogP contribution in [0, 0.1) is 0 Å². The molecular weight excluding hydrogens is 429 g/mol. The molecule has 1 aromatic heterocycles. The number of aromatic nitrogens is 1. The number of carbonyl (C=O) groups excluding carboxylic acids is 1. The molecule has 0 aliphatic heterocycles. The summed E-state index contributed by atoms with van der Waals surface area (Å²) in [6.07, 6.45) is -1.87. The van der Waals surface area contributed by atoms with E-state index in [9.17, 15) is 26.4 Å². The number of pyridine rings is 1. The van der Waals surface area contributed by atoms with E-state index in [2.05, 4.69) is 10.3 Å². The summed E-state index contributed by atoms with van der Waals surface area (Å²) < 4.78 is 64.2. The highest BCUT2D eigenvalue weighted by Gasteiger charge is 2.35. The van der Waals surface area contributed by atoms with Crippen LogP contribution < -0.4 is 5.32 Å². The summed E-state index contributed by atoms with van der Waals surface area (Å²) in [7, 11) is -3.89. The Hall–Kier alpha value is -2.13. The average Bonchev–Trinajstić information content (AvgIpc) is 2.68. The van der Waals surface area contributed by atoms with E-state index in [1.807, 2.05) is 0 Å². The van der Waals surface area contributed by atoms with Crippen LogP contribution in [0.2, 0.25) is 5.15 Å². The summed E-state index contributed by atoms with van der Waals surface area (Å²) in [5.74, 6) is -0.335. The first-order chi connectivity index (χ1) is 13.6. The Kier molecular flexibility index (Phi) is 6.19. The first-order valence-electron chi connectivity index (χ1n) is 8.91. The maximum Gasteiger partial charge on any atom is 0.416 e. The quantitative estimate of drug-likeness (QED) is 0.712. The molecule has 1 saturated carbocycles. The molecule has 1 aliphatic carbocycles. The van der Waals surface area contributed by atoms with Crippen LogP contribution in [0.1, 0.15) is 41.6 Å². The molecule has 0 bridgehead atoms. The molecule has 156 valence electrons. The molecule has 1 aromatic carbocycles. The number of nitrogens with one attached hydrogen (secondary N) is 1. The van der Waals surface area contributed by atoms with Gasteiger partial charge in [0.15, 0.2) is 9.84 Å². The van der Waals surface area contributed by atoms with Crippen molar-refractivity contribution in [1.29, 1.82) is 0 Å². The van der Waals surface area contributed by atoms with Crippen LogP contribution in [0.25, 0.3) is 0 Å². The van der Waals surface area contributed by atoms with Gasteiger partial charge < -0.3 is 5.32 Å². The van der Waals surface area contributed by atoms with E-state index < -0.39 is 26.8 Å². The number of alkyl halides is 3. The third-order valence-electron chi connectivity index (χ3n) is 4.93. The van der Waals surface area contributed by atoms with Crippen LogP contribution in [0.4, 0.5) is 13.2 Å². The van der Waals surface area contributed by atoms with Crippen LogP contribution in [-0.2, 0) is 16.0 Å². The summed E-state index contributed by atoms with van der Waals surface area (Å²) in [6, 6.07) is 6.54. The fourth-order valence-electron chi connectivity index (χ4n) is 3.37. The van der Waals surface area contributed by atoms with Gasteiger partial charge in [-0.05, 0) is 56.0 Å². The lowest BCUT2D eigenvalue weighted by molar-refractivity contribution is -0.137. The predicted octanol–water partition coefficient (Wildman–Crippen LogP) is 4.27. The summed E-state index contributed by atoms with van der Waals surface area (Å²) >= 11 is 5.77. The van der Waals surface area contributed by atoms with Crippen LogP contribution in [-0.4, -0.2) is 30.6 Å². The van der Waals surface area contributed by atoms with Gasteiger partial charge in [-0.15, -0.1) is 0 Å². The average molecular weight is 447 g/mol. The minimum atomic E-state index is -4.61. The van der Waals surface area contributed by atoms with Gasteiger partial charge in [-0.2, -0.15) is 13.2 Å². The molecule has 2 aromatic rings. The fourth-order valence-corrected chi connectivity index (χ4v) is 5.38. The maximum atomic E-state index is 12.9. The minimum Gasteiger partial charge on any atom is -0.349 e. The van der Waals surface area contributed by atoms with Crippen molar-refractivity contribution in [3.05, 3.63) is 58.9 Å². The molecular formula is C19H18ClF3N2O3S. The Bertz CT molecular complexity index is 1000. The molecule has 29 heavy (non-hydrogen) atoms. The van der Waals surface area contributed by atoms with Crippen molar-refractivity contribution in [2.24, 2.45) is 0 Å². The smallest absolute Gasteiger partial charge is 0.349 e. The molecule has 0 spiro atoms. The Balaban J connectivity index is 1.65. The van der Waals surface area contributed by atoms with Gasteiger partial charge in [0.25, 0.3) is 5.91 Å². The fraction of sp³-hybridized carbons (Fsp3) is 0.368. The van der Waals surface area contributed by atoms with Gasteiger partial charge in [0.1, 0.15) is 5.15 Å². The lowest BCUT2D eigenvalue weighted by Gasteiger charge is -2.29. The zero-order chi connectivity index (χ0) is 21.2. The summed E-state index contributed by atoms with van der Waals surface area (Å²) in [4.78, 5) is 15.8. The molecule has 1 amide bonds. The Morgan fingerprint density at radius 2 is 1.79 bits per heavy atom. The third-order valence-corrected chi connectivity index (χ3v) is 7.39. The summed E-state index contributed by atoms with van der Waals surface area (Å²) in [5, 5.41) is 2.24. The number of carbonyl (C=O) groups is 1. The summed E-state index contributed by atoms with van der Waals surface area (Å²) in [5.41, 5.74) is -0.640. The predicted molar refractivity (Wildman–Crippen MR) is 101 cm³/mol. The Morgan fingerprint density at radius 3 is 2.41 bits per heavy atom. The molecule has 5 nitrogen and oxygen atoms in total. The van der Waals surface area contributed by atoms with Gasteiger partial charge in [-0.1, -0.05) is 17.7 Å². The molecule has 0 unspecified atom stereocenters. The van der Waals surface area contributed by atoms with Crippen LogP contribution in [0.3, 0.4) is 0 Å². The number of sulfone groups is 1. The number of benzene rings is 1. The Labute approximate surface area is 171 Å². The molecule has 1 fully saturated rings. The van der Waals surface area contributed by atoms with Crippen LogP contribution >= 0.6 is 11.6 Å². The zero-order valence-electron chi connectivity index (χ0n) is 15.1. The largest absolute Gasteiger partial charge is 0.416 e. The lowest BCUT2D eigenvalue weighted by Crippen LogP contribution is -2.40. The van der Waals surface area contributed by atoms with E-state index in [0.717, 1.165) is 12.1 Å². The van der Waals surface area contributed by atoms with Crippen LogP contribution in [0.15, 0.2) is 47.5 Å². The zero-order valence-corrected chi connectivity index (χ0v) is 16.7. The normalized spacial score (nSPS) is 20.3. The van der Waals surface area contributed by atoms with Crippen LogP contribution in [0.5, 0.6) is 0 Å². The van der Waals surface area contributed by atoms with E-state index in [4.69, 9.17) is 11.6 Å². The van der Waals surface area contributed by atoms with E-state index in [1.165, 1.54) is 24.4 Å². The molecule has 0 atom stereocenters. The monoisotopic (exact) mass is 446 g/mol. The van der Waals surface area contributed by atoms with Crippen molar-refractivity contribution >= 4 is 27.3 Å². The topological polar surface area (TPSA) is 76.1 Å². The van der Waals surface area contributed by atoms with Crippen molar-refractivity contribution in [3.63, 3.8) is 0 Å². The Morgan fingerprint density at radius 1 is 1.10 bits per heavy atom. The van der Waals surface area contributed by atoms with E-state index in [-0.39, 0.29) is 34.8 Å². The van der Waals surface area contributed by atoms with Gasteiger partial charge >= 0.3 is 6.18 Å². The first kappa shape index (κ1) is 21.6. The standard InChI is InChI=1S/C19H18ClF3N2O3S/c20-17-10-12(8-9-24-17)18(26)25-14-4-6-15(7-5-14)29(27,28)16-3-1-2-13(11-16)19(21,22)23/h1-3,8-11,14-15H,4-7H2,(H,25,26)/t14-,15-. The van der Waals surface area contributed by atoms with Crippen molar-refractivity contribution in [3.8, 4) is 0 Å². The van der Waals surface area contributed by atoms with Crippen molar-refractivity contribution in [2.45, 2.75) is 48.0 Å². The summed E-state index contributed by atoms with van der Waals surface area (Å²) in [6.45, 7) is 0. The van der Waals surface area contributed by atoms with E-state index in [0.29, 0.717) is 24.5 Å². The van der Waals surface area contributed by atoms with E-state index >= 15 is 0 Å². The molecule has 0 radical (unpaired) electrons. The number of nitrogens with zero attached hydrogens (tertiary/aromatic N) is 1. The van der Waals surface area contributed by atoms with Gasteiger partial charge in [-0.3, -0.25) is 4.79 Å². The van der Waals surface area contributed by atoms with Crippen molar-refractivity contribution in [1.82, 2.24) is 10.3 Å². The highest BCUT2D eigenvalue weighted by Crippen LogP contribution is 2.33.